The highest BCUT2D eigenvalue weighted by molar-refractivity contribution is 6.33. The van der Waals surface area contributed by atoms with E-state index < -0.39 is 0 Å². The van der Waals surface area contributed by atoms with Gasteiger partial charge in [-0.05, 0) is 32.9 Å². The molecule has 1 aromatic rings. The van der Waals surface area contributed by atoms with Gasteiger partial charge in [-0.15, -0.1) is 0 Å². The molecule has 0 radical (unpaired) electrons. The molecule has 0 aliphatic rings. The maximum atomic E-state index is 6.07. The van der Waals surface area contributed by atoms with Crippen LogP contribution in [0.3, 0.4) is 0 Å². The van der Waals surface area contributed by atoms with Gasteiger partial charge in [-0.25, -0.2) is 0 Å². The minimum atomic E-state index is 0.0121. The fourth-order valence-electron chi connectivity index (χ4n) is 1.13. The molecule has 0 atom stereocenters. The van der Waals surface area contributed by atoms with Crippen molar-refractivity contribution in [2.75, 3.05) is 12.4 Å². The summed E-state index contributed by atoms with van der Waals surface area (Å²) in [5, 5.41) is 3.99. The SMILES string of the molecule is COc1ccc(NC(C)(C)C)c(Cl)c1. The van der Waals surface area contributed by atoms with Crippen LogP contribution in [0.4, 0.5) is 5.69 Å². The molecule has 0 saturated heterocycles. The van der Waals surface area contributed by atoms with Crippen LogP contribution in [0.15, 0.2) is 18.2 Å². The predicted octanol–water partition coefficient (Wildman–Crippen LogP) is 3.56. The summed E-state index contributed by atoms with van der Waals surface area (Å²) in [6, 6.07) is 5.61. The van der Waals surface area contributed by atoms with Crippen molar-refractivity contribution in [3.63, 3.8) is 0 Å². The second-order valence-electron chi connectivity index (χ2n) is 4.22. The smallest absolute Gasteiger partial charge is 0.120 e. The standard InChI is InChI=1S/C11H16ClNO/c1-11(2,3)13-10-6-5-8(14-4)7-9(10)12/h5-7,13H,1-4H3. The van der Waals surface area contributed by atoms with Gasteiger partial charge in [0.25, 0.3) is 0 Å². The summed E-state index contributed by atoms with van der Waals surface area (Å²) in [6.45, 7) is 6.27. The van der Waals surface area contributed by atoms with Crippen LogP contribution in [0.25, 0.3) is 0 Å². The average molecular weight is 214 g/mol. The number of benzene rings is 1. The van der Waals surface area contributed by atoms with Gasteiger partial charge in [-0.3, -0.25) is 0 Å². The summed E-state index contributed by atoms with van der Waals surface area (Å²) in [5.41, 5.74) is 0.943. The third-order valence-corrected chi connectivity index (χ3v) is 2.00. The molecule has 0 spiro atoms. The largest absolute Gasteiger partial charge is 0.497 e. The van der Waals surface area contributed by atoms with Crippen molar-refractivity contribution in [1.29, 1.82) is 0 Å². The van der Waals surface area contributed by atoms with Gasteiger partial charge in [0.05, 0.1) is 17.8 Å². The Labute approximate surface area is 90.2 Å². The van der Waals surface area contributed by atoms with Gasteiger partial charge in [-0.2, -0.15) is 0 Å². The summed E-state index contributed by atoms with van der Waals surface area (Å²) in [6.07, 6.45) is 0. The number of methoxy groups -OCH3 is 1. The summed E-state index contributed by atoms with van der Waals surface area (Å²) < 4.78 is 5.07. The zero-order valence-corrected chi connectivity index (χ0v) is 9.77. The van der Waals surface area contributed by atoms with E-state index in [1.54, 1.807) is 13.2 Å². The van der Waals surface area contributed by atoms with Crippen molar-refractivity contribution >= 4 is 17.3 Å². The van der Waals surface area contributed by atoms with Gasteiger partial charge in [-0.1, -0.05) is 11.6 Å². The van der Waals surface area contributed by atoms with Gasteiger partial charge in [0, 0.05) is 11.6 Å². The molecule has 3 heteroatoms. The molecule has 78 valence electrons. The average Bonchev–Trinajstić information content (AvgIpc) is 2.06. The molecule has 0 heterocycles. The lowest BCUT2D eigenvalue weighted by atomic mass is 10.1. The molecule has 0 aromatic heterocycles. The van der Waals surface area contributed by atoms with Crippen molar-refractivity contribution in [1.82, 2.24) is 0 Å². The van der Waals surface area contributed by atoms with E-state index in [0.29, 0.717) is 5.02 Å². The minimum absolute atomic E-state index is 0.0121. The van der Waals surface area contributed by atoms with E-state index in [2.05, 4.69) is 26.1 Å². The monoisotopic (exact) mass is 213 g/mol. The zero-order chi connectivity index (χ0) is 10.8. The van der Waals surface area contributed by atoms with E-state index in [9.17, 15) is 0 Å². The summed E-state index contributed by atoms with van der Waals surface area (Å²) in [5.74, 6) is 0.773. The van der Waals surface area contributed by atoms with Crippen LogP contribution in [0.1, 0.15) is 20.8 Å². The molecular weight excluding hydrogens is 198 g/mol. The van der Waals surface area contributed by atoms with E-state index in [0.717, 1.165) is 11.4 Å². The molecule has 2 nitrogen and oxygen atoms in total. The number of halogens is 1. The van der Waals surface area contributed by atoms with Crippen molar-refractivity contribution in [2.45, 2.75) is 26.3 Å². The molecule has 1 N–H and O–H groups in total. The van der Waals surface area contributed by atoms with Gasteiger partial charge in [0.2, 0.25) is 0 Å². The molecule has 1 rings (SSSR count). The highest BCUT2D eigenvalue weighted by atomic mass is 35.5. The second kappa shape index (κ2) is 4.09. The summed E-state index contributed by atoms with van der Waals surface area (Å²) >= 11 is 6.07. The number of hydrogen-bond donors (Lipinski definition) is 1. The van der Waals surface area contributed by atoms with E-state index in [1.807, 2.05) is 12.1 Å². The molecule has 0 aliphatic carbocycles. The summed E-state index contributed by atoms with van der Waals surface area (Å²) in [7, 11) is 1.63. The van der Waals surface area contributed by atoms with Crippen LogP contribution >= 0.6 is 11.6 Å². The quantitative estimate of drug-likeness (QED) is 0.811. The van der Waals surface area contributed by atoms with Crippen LogP contribution in [-0.4, -0.2) is 12.6 Å². The van der Waals surface area contributed by atoms with E-state index >= 15 is 0 Å². The van der Waals surface area contributed by atoms with E-state index in [-0.39, 0.29) is 5.54 Å². The molecule has 1 aromatic carbocycles. The van der Waals surface area contributed by atoms with Crippen molar-refractivity contribution < 1.29 is 4.74 Å². The van der Waals surface area contributed by atoms with Crippen LogP contribution in [0, 0.1) is 0 Å². The maximum absolute atomic E-state index is 6.07. The number of hydrogen-bond acceptors (Lipinski definition) is 2. The second-order valence-corrected chi connectivity index (χ2v) is 4.63. The van der Waals surface area contributed by atoms with Gasteiger partial charge in [0.15, 0.2) is 0 Å². The fourth-order valence-corrected chi connectivity index (χ4v) is 1.35. The van der Waals surface area contributed by atoms with Crippen LogP contribution in [0.5, 0.6) is 5.75 Å². The Morgan fingerprint density at radius 1 is 1.29 bits per heavy atom. The van der Waals surface area contributed by atoms with Crippen LogP contribution in [-0.2, 0) is 0 Å². The van der Waals surface area contributed by atoms with E-state index in [1.165, 1.54) is 0 Å². The number of anilines is 1. The maximum Gasteiger partial charge on any atom is 0.120 e. The lowest BCUT2D eigenvalue weighted by Crippen LogP contribution is -2.26. The zero-order valence-electron chi connectivity index (χ0n) is 9.02. The van der Waals surface area contributed by atoms with Crippen molar-refractivity contribution in [3.8, 4) is 5.75 Å². The Balaban J connectivity index is 2.89. The van der Waals surface area contributed by atoms with Gasteiger partial charge >= 0.3 is 0 Å². The number of nitrogens with one attached hydrogen (secondary N) is 1. The third kappa shape index (κ3) is 3.11. The van der Waals surface area contributed by atoms with E-state index in [4.69, 9.17) is 16.3 Å². The highest BCUT2D eigenvalue weighted by Crippen LogP contribution is 2.28. The first-order valence-electron chi connectivity index (χ1n) is 4.54. The third-order valence-electron chi connectivity index (χ3n) is 1.69. The summed E-state index contributed by atoms with van der Waals surface area (Å²) in [4.78, 5) is 0. The Kier molecular flexibility index (Phi) is 3.27. The molecule has 0 bridgehead atoms. The Bertz CT molecular complexity index is 318. The molecule has 0 amide bonds. The van der Waals surface area contributed by atoms with Gasteiger partial charge < -0.3 is 10.1 Å². The molecule has 0 saturated carbocycles. The lowest BCUT2D eigenvalue weighted by molar-refractivity contribution is 0.415. The number of ether oxygens (including phenoxy) is 1. The molecule has 0 unspecified atom stereocenters. The van der Waals surface area contributed by atoms with Gasteiger partial charge in [0.1, 0.15) is 5.75 Å². The lowest BCUT2D eigenvalue weighted by Gasteiger charge is -2.23. The van der Waals surface area contributed by atoms with Crippen LogP contribution in [0.2, 0.25) is 5.02 Å². The van der Waals surface area contributed by atoms with Crippen molar-refractivity contribution in [2.24, 2.45) is 0 Å². The first-order valence-corrected chi connectivity index (χ1v) is 4.92. The number of rotatable bonds is 2. The Hall–Kier alpha value is -0.890. The topological polar surface area (TPSA) is 21.3 Å². The first kappa shape index (κ1) is 11.2. The molecule has 14 heavy (non-hydrogen) atoms. The Morgan fingerprint density at radius 3 is 2.36 bits per heavy atom. The first-order chi connectivity index (χ1) is 6.42. The minimum Gasteiger partial charge on any atom is -0.497 e. The fraction of sp³-hybridized carbons (Fsp3) is 0.455. The van der Waals surface area contributed by atoms with Crippen LogP contribution < -0.4 is 10.1 Å². The normalized spacial score (nSPS) is 11.2. The molecule has 0 fully saturated rings. The molecule has 0 aliphatic heterocycles. The highest BCUT2D eigenvalue weighted by Gasteiger charge is 2.11. The predicted molar refractivity (Wildman–Crippen MR) is 61.4 cm³/mol. The molecular formula is C11H16ClNO. The Morgan fingerprint density at radius 2 is 1.93 bits per heavy atom. The van der Waals surface area contributed by atoms with Crippen molar-refractivity contribution in [3.05, 3.63) is 23.2 Å².